The molecule has 2 heterocycles. The topological polar surface area (TPSA) is 54.8 Å². The predicted octanol–water partition coefficient (Wildman–Crippen LogP) is 8.71. The summed E-state index contributed by atoms with van der Waals surface area (Å²) in [4.78, 5) is 30.7. The quantitative estimate of drug-likeness (QED) is 0.0939. The number of thioether (sulfide) groups is 1. The van der Waals surface area contributed by atoms with Gasteiger partial charge in [-0.3, -0.25) is 9.59 Å². The fourth-order valence-corrected chi connectivity index (χ4v) is 5.96. The number of aromatic nitrogens is 1. The number of amides is 1. The van der Waals surface area contributed by atoms with E-state index in [1.54, 1.807) is 0 Å². The third-order valence-corrected chi connectivity index (χ3v) is 8.61. The van der Waals surface area contributed by atoms with Gasteiger partial charge in [-0.15, -0.1) is 11.8 Å². The van der Waals surface area contributed by atoms with E-state index in [4.69, 9.17) is 27.4 Å². The minimum absolute atomic E-state index is 0.0158. The number of benzene rings is 4. The molecule has 0 atom stereocenters. The average molecular weight is 774 g/mol. The Balaban J connectivity index is 1.66. The Bertz CT molecular complexity index is 3260. The number of ether oxygens (including phenoxy) is 1. The number of rotatable bonds is 12. The van der Waals surface area contributed by atoms with Crippen LogP contribution < -0.4 is 5.43 Å². The number of methoxy groups -OCH3 is 1. The lowest BCUT2D eigenvalue weighted by molar-refractivity contribution is -0.137. The highest BCUT2D eigenvalue weighted by molar-refractivity contribution is 7.98. The van der Waals surface area contributed by atoms with Crippen LogP contribution in [0, 0.1) is 18.6 Å². The number of nitrogens with zero attached hydrogens (tertiary/aromatic N) is 3. The van der Waals surface area contributed by atoms with Crippen LogP contribution in [-0.2, 0) is 34.5 Å². The summed E-state index contributed by atoms with van der Waals surface area (Å²) in [6, 6.07) is -21.8. The van der Waals surface area contributed by atoms with E-state index in [-0.39, 0.29) is 26.8 Å². The van der Waals surface area contributed by atoms with Crippen molar-refractivity contribution in [2.45, 2.75) is 55.8 Å². The number of hydrogen-bond acceptors (Lipinski definition) is 5. The van der Waals surface area contributed by atoms with Crippen molar-refractivity contribution >= 4 is 28.6 Å². The lowest BCUT2D eigenvalue weighted by atomic mass is 10.00. The highest BCUT2D eigenvalue weighted by atomic mass is 32.2. The minimum Gasteiger partial charge on any atom is -0.383 e. The van der Waals surface area contributed by atoms with Gasteiger partial charge in [-0.1, -0.05) is 59.9 Å². The van der Waals surface area contributed by atoms with Crippen molar-refractivity contribution in [2.75, 3.05) is 33.2 Å². The van der Waals surface area contributed by atoms with Crippen molar-refractivity contribution in [3.05, 3.63) is 135 Å². The SMILES string of the molecule is [2H]c1c([2H])c(F)c(F)c(CSc2c([2H])c(=O)c3c([2H])c(C)c([2H])c([2H])c3n2C([2H])([2H])C(=O)N(C2CCN(C([2H])([2H])COC([2H])([2H])[2H])CC2)C([2H])([2H])c2c([2H])c([2H])c(-c3c([2H])c([2H])c(C(F)(F)F)c([2H])c3[2H])c([2H])c2[2H])c1[2H]. The normalized spacial score (nSPS) is 21.7. The Morgan fingerprint density at radius 1 is 1.00 bits per heavy atom. The summed E-state index contributed by atoms with van der Waals surface area (Å²) >= 11 is 0.0158. The van der Waals surface area contributed by atoms with Crippen molar-refractivity contribution in [1.29, 1.82) is 0 Å². The van der Waals surface area contributed by atoms with Gasteiger partial charge in [0.05, 0.1) is 52.9 Å². The zero-order valence-corrected chi connectivity index (χ0v) is 28.0. The standard InChI is InChI=1S/C41H40F5N3O3S/c1-27-6-15-36-34(22-27)37(50)23-39(53-26-31-4-3-5-35(42)40(31)43)49(36)25-38(51)48(33-16-18-47(19-17-33)20-21-52-2)24-28-7-9-29(10-8-28)30-11-13-32(14-12-30)41(44,45)46/h3-15,22-23,33H,16-21,24-26H2,1-2H3/i2D3,3D,4D,5D,6D,7D,8D,9D,10D,11D,12D,13D,14D,15D,20D2,22D,23D,24D2,25D2. The van der Waals surface area contributed by atoms with Crippen molar-refractivity contribution < 1.29 is 64.4 Å². The molecule has 6 rings (SSSR count). The van der Waals surface area contributed by atoms with Gasteiger partial charge in [0.1, 0.15) is 6.50 Å². The summed E-state index contributed by atoms with van der Waals surface area (Å²) in [5.41, 5.74) is -9.83. The largest absolute Gasteiger partial charge is 0.416 e. The van der Waals surface area contributed by atoms with Crippen LogP contribution in [0.5, 0.6) is 0 Å². The fraction of sp³-hybridized carbons (Fsp3) is 0.317. The summed E-state index contributed by atoms with van der Waals surface area (Å²) in [7, 11) is -3.09. The summed E-state index contributed by atoms with van der Waals surface area (Å²) in [6.45, 7) is -11.7. The number of hydrogen-bond donors (Lipinski definition) is 0. The maximum Gasteiger partial charge on any atom is 0.416 e. The first-order chi connectivity index (χ1) is 35.1. The lowest BCUT2D eigenvalue weighted by Crippen LogP contribution is -2.48. The molecule has 0 N–H and O–H groups in total. The number of piperidine rings is 1. The minimum atomic E-state index is -5.47. The zero-order chi connectivity index (χ0) is 58.6. The summed E-state index contributed by atoms with van der Waals surface area (Å²) < 4.78 is 282. The molecule has 1 fully saturated rings. The van der Waals surface area contributed by atoms with E-state index in [1.807, 2.05) is 0 Å². The van der Waals surface area contributed by atoms with Gasteiger partial charge < -0.3 is 19.1 Å². The summed E-state index contributed by atoms with van der Waals surface area (Å²) in [5.74, 6) is -7.05. The van der Waals surface area contributed by atoms with Gasteiger partial charge in [0.25, 0.3) is 0 Å². The first-order valence-corrected chi connectivity index (χ1v) is 16.3. The molecule has 0 spiro atoms. The maximum atomic E-state index is 15.6. The molecule has 4 aromatic carbocycles. The van der Waals surface area contributed by atoms with Crippen LogP contribution in [0.3, 0.4) is 0 Å². The number of carbonyl (C=O) groups is 1. The Hall–Kier alpha value is -4.52. The highest BCUT2D eigenvalue weighted by Gasteiger charge is 2.31. The van der Waals surface area contributed by atoms with Crippen molar-refractivity contribution in [3.63, 3.8) is 0 Å². The molecule has 5 aromatic rings. The third kappa shape index (κ3) is 9.17. The molecule has 12 heteroatoms. The molecule has 0 unspecified atom stereocenters. The number of carbonyl (C=O) groups excluding carboxylic acids is 1. The van der Waals surface area contributed by atoms with E-state index in [0.717, 1.165) is 11.8 Å². The Kier molecular flexibility index (Phi) is 5.72. The molecule has 0 aliphatic carbocycles. The summed E-state index contributed by atoms with van der Waals surface area (Å²) in [6.07, 6.45) is -6.73. The zero-order valence-electron chi connectivity index (χ0n) is 51.2. The number of alkyl halides is 3. The van der Waals surface area contributed by atoms with Crippen molar-refractivity contribution in [3.8, 4) is 11.1 Å². The number of halogens is 5. The van der Waals surface area contributed by atoms with Crippen molar-refractivity contribution in [1.82, 2.24) is 14.4 Å². The molecular formula is C41H40F5N3O3S. The van der Waals surface area contributed by atoms with E-state index < -0.39 is 234 Å². The van der Waals surface area contributed by atoms with Gasteiger partial charge in [-0.25, -0.2) is 8.78 Å². The molecule has 6 nitrogen and oxygen atoms in total. The van der Waals surface area contributed by atoms with Crippen LogP contribution in [-0.4, -0.2) is 59.5 Å². The molecular weight excluding hydrogens is 710 g/mol. The second-order valence-corrected chi connectivity index (χ2v) is 12.1. The molecule has 1 aromatic heterocycles. The Morgan fingerprint density at radius 2 is 1.70 bits per heavy atom. The first-order valence-electron chi connectivity index (χ1n) is 27.3. The van der Waals surface area contributed by atoms with Crippen LogP contribution >= 0.6 is 11.8 Å². The Morgan fingerprint density at radius 3 is 2.38 bits per heavy atom. The molecule has 0 bridgehead atoms. The molecule has 53 heavy (non-hydrogen) atoms. The van der Waals surface area contributed by atoms with E-state index in [2.05, 4.69) is 4.74 Å². The van der Waals surface area contributed by atoms with E-state index in [9.17, 15) is 27.8 Å². The molecule has 1 aliphatic rings. The van der Waals surface area contributed by atoms with Crippen molar-refractivity contribution in [2.24, 2.45) is 0 Å². The Labute approximate surface area is 342 Å². The smallest absolute Gasteiger partial charge is 0.383 e. The molecule has 278 valence electrons. The second-order valence-electron chi connectivity index (χ2n) is 11.2. The van der Waals surface area contributed by atoms with Gasteiger partial charge >= 0.3 is 6.18 Å². The molecule has 0 saturated carbocycles. The highest BCUT2D eigenvalue weighted by Crippen LogP contribution is 2.32. The van der Waals surface area contributed by atoms with Gasteiger partial charge in [0.15, 0.2) is 17.1 Å². The fourth-order valence-electron chi connectivity index (χ4n) is 5.05. The van der Waals surface area contributed by atoms with Crippen LogP contribution in [0.4, 0.5) is 22.0 Å². The van der Waals surface area contributed by atoms with Gasteiger partial charge in [-0.05, 0) is 66.7 Å². The van der Waals surface area contributed by atoms with Crippen LogP contribution in [0.1, 0.15) is 68.0 Å². The van der Waals surface area contributed by atoms with Crippen LogP contribution in [0.2, 0.25) is 0 Å². The van der Waals surface area contributed by atoms with Crippen LogP contribution in [0.25, 0.3) is 22.0 Å². The molecule has 1 aliphatic heterocycles. The monoisotopic (exact) mass is 773 g/mol. The second kappa shape index (κ2) is 16.7. The molecule has 0 radical (unpaired) electrons. The van der Waals surface area contributed by atoms with Crippen LogP contribution in [0.15, 0.2) is 100 Å². The number of pyridine rings is 1. The number of fused-ring (bicyclic) bond motifs is 1. The third-order valence-electron chi connectivity index (χ3n) is 7.62. The average Bonchev–Trinajstić information content (AvgIpc) is 3.33. The van der Waals surface area contributed by atoms with Gasteiger partial charge in [0.2, 0.25) is 5.91 Å². The number of likely N-dealkylation sites (tertiary alicyclic amines) is 1. The predicted molar refractivity (Wildman–Crippen MR) is 198 cm³/mol. The van der Waals surface area contributed by atoms with E-state index >= 15 is 9.18 Å². The van der Waals surface area contributed by atoms with Gasteiger partial charge in [0, 0.05) is 64.6 Å². The van der Waals surface area contributed by atoms with E-state index in [0.29, 0.717) is 0 Å². The molecule has 1 amide bonds. The maximum absolute atomic E-state index is 15.6. The first kappa shape index (κ1) is 18.2. The van der Waals surface area contributed by atoms with Gasteiger partial charge in [-0.2, -0.15) is 13.2 Å². The lowest BCUT2D eigenvalue weighted by Gasteiger charge is -2.39. The molecule has 1 saturated heterocycles. The van der Waals surface area contributed by atoms with E-state index in [1.165, 1.54) is 0 Å². The summed E-state index contributed by atoms with van der Waals surface area (Å²) in [5, 5.41) is -2.07.